The number of H-pyrrole nitrogens is 1. The topological polar surface area (TPSA) is 86.0 Å². The molecule has 0 fully saturated rings. The first-order valence-electron chi connectivity index (χ1n) is 6.25. The van der Waals surface area contributed by atoms with Crippen LogP contribution in [0.3, 0.4) is 0 Å². The van der Waals surface area contributed by atoms with Gasteiger partial charge in [-0.05, 0) is 41.7 Å². The van der Waals surface area contributed by atoms with Gasteiger partial charge in [0.05, 0.1) is 0 Å². The molecule has 1 heterocycles. The van der Waals surface area contributed by atoms with Gasteiger partial charge < -0.3 is 16.0 Å². The zero-order valence-electron chi connectivity index (χ0n) is 11.7. The molecule has 0 spiro atoms. The Labute approximate surface area is 126 Å². The number of amides is 2. The number of aryl methyl sites for hydroxylation is 1. The number of benzene rings is 1. The average molecular weight is 304 g/mol. The van der Waals surface area contributed by atoms with Crippen LogP contribution in [0.25, 0.3) is 6.08 Å². The molecule has 0 aliphatic rings. The summed E-state index contributed by atoms with van der Waals surface area (Å²) in [6.45, 7) is 5.72. The molecule has 0 unspecified atom stereocenters. The highest BCUT2D eigenvalue weighted by Gasteiger charge is 2.13. The van der Waals surface area contributed by atoms with E-state index in [9.17, 15) is 9.59 Å². The van der Waals surface area contributed by atoms with E-state index in [1.807, 2.05) is 25.1 Å². The maximum atomic E-state index is 11.7. The standard InChI is InChI=1S/C14H16N4O2S/c1-4-9-5-8(2)6-10(7-9)16-13-11(12(19)18-21-13)17-14(20)15-3/h4-7,16H,1H2,2-3H3,(H,18,19)(H2,15,17,20). The Morgan fingerprint density at radius 2 is 2.14 bits per heavy atom. The smallest absolute Gasteiger partial charge is 0.319 e. The Morgan fingerprint density at radius 1 is 1.38 bits per heavy atom. The lowest BCUT2D eigenvalue weighted by molar-refractivity contribution is 0.254. The van der Waals surface area contributed by atoms with E-state index in [1.54, 1.807) is 6.08 Å². The number of anilines is 3. The van der Waals surface area contributed by atoms with Crippen molar-refractivity contribution in [1.29, 1.82) is 0 Å². The number of urea groups is 1. The van der Waals surface area contributed by atoms with Gasteiger partial charge in [0, 0.05) is 12.7 Å². The van der Waals surface area contributed by atoms with Crippen LogP contribution in [-0.2, 0) is 0 Å². The van der Waals surface area contributed by atoms with Gasteiger partial charge >= 0.3 is 6.03 Å². The van der Waals surface area contributed by atoms with E-state index in [0.717, 1.165) is 28.3 Å². The zero-order chi connectivity index (χ0) is 15.4. The summed E-state index contributed by atoms with van der Waals surface area (Å²) in [4.78, 5) is 23.1. The Balaban J connectivity index is 2.32. The van der Waals surface area contributed by atoms with Gasteiger partial charge in [0.2, 0.25) is 0 Å². The van der Waals surface area contributed by atoms with E-state index in [2.05, 4.69) is 26.9 Å². The summed E-state index contributed by atoms with van der Waals surface area (Å²) >= 11 is 1.13. The molecule has 2 amide bonds. The maximum Gasteiger partial charge on any atom is 0.319 e. The highest BCUT2D eigenvalue weighted by molar-refractivity contribution is 7.11. The summed E-state index contributed by atoms with van der Waals surface area (Å²) in [6, 6.07) is 5.41. The fraction of sp³-hybridized carbons (Fsp3) is 0.143. The molecule has 1 aromatic carbocycles. The Hall–Kier alpha value is -2.54. The van der Waals surface area contributed by atoms with Crippen LogP contribution >= 0.6 is 11.5 Å². The molecule has 0 saturated heterocycles. The lowest BCUT2D eigenvalue weighted by Crippen LogP contribution is -2.27. The summed E-state index contributed by atoms with van der Waals surface area (Å²) in [5.74, 6) is 0. The van der Waals surface area contributed by atoms with Crippen molar-refractivity contribution >= 4 is 40.0 Å². The minimum Gasteiger partial charge on any atom is -0.344 e. The van der Waals surface area contributed by atoms with Gasteiger partial charge in [0.1, 0.15) is 10.7 Å². The quantitative estimate of drug-likeness (QED) is 0.700. The normalized spacial score (nSPS) is 10.0. The van der Waals surface area contributed by atoms with Gasteiger partial charge in [-0.15, -0.1) is 0 Å². The number of hydrogen-bond donors (Lipinski definition) is 4. The molecule has 0 aliphatic heterocycles. The van der Waals surface area contributed by atoms with Crippen molar-refractivity contribution in [3.8, 4) is 0 Å². The van der Waals surface area contributed by atoms with Crippen LogP contribution in [0.15, 0.2) is 29.6 Å². The lowest BCUT2D eigenvalue weighted by atomic mass is 10.1. The van der Waals surface area contributed by atoms with Gasteiger partial charge in [-0.1, -0.05) is 18.7 Å². The van der Waals surface area contributed by atoms with Crippen LogP contribution in [0.4, 0.5) is 21.2 Å². The van der Waals surface area contributed by atoms with Crippen molar-refractivity contribution in [2.45, 2.75) is 6.92 Å². The summed E-state index contributed by atoms with van der Waals surface area (Å²) in [5, 5.41) is 8.60. The van der Waals surface area contributed by atoms with E-state index >= 15 is 0 Å². The predicted molar refractivity (Wildman–Crippen MR) is 87.6 cm³/mol. The molecular formula is C14H16N4O2S. The SMILES string of the molecule is C=Cc1cc(C)cc(Nc2s[nH]c(=O)c2NC(=O)NC)c1. The highest BCUT2D eigenvalue weighted by Crippen LogP contribution is 2.27. The average Bonchev–Trinajstić information content (AvgIpc) is 2.79. The number of nitrogens with one attached hydrogen (secondary N) is 4. The molecule has 1 aromatic heterocycles. The summed E-state index contributed by atoms with van der Waals surface area (Å²) in [5.41, 5.74) is 2.71. The first-order valence-corrected chi connectivity index (χ1v) is 7.06. The van der Waals surface area contributed by atoms with E-state index in [4.69, 9.17) is 0 Å². The van der Waals surface area contributed by atoms with Crippen molar-refractivity contribution in [2.24, 2.45) is 0 Å². The molecule has 2 rings (SSSR count). The molecule has 0 saturated carbocycles. The number of rotatable bonds is 4. The van der Waals surface area contributed by atoms with Crippen LogP contribution in [0, 0.1) is 6.92 Å². The van der Waals surface area contributed by atoms with Crippen molar-refractivity contribution < 1.29 is 4.79 Å². The second-order valence-corrected chi connectivity index (χ2v) is 5.22. The number of carbonyl (C=O) groups is 1. The molecule has 0 bridgehead atoms. The first kappa shape index (κ1) is 14.9. The number of aromatic amines is 1. The third-order valence-corrected chi connectivity index (χ3v) is 3.56. The van der Waals surface area contributed by atoms with Crippen molar-refractivity contribution in [1.82, 2.24) is 9.69 Å². The third kappa shape index (κ3) is 3.51. The number of carbonyl (C=O) groups excluding carboxylic acids is 1. The number of hydrogen-bond acceptors (Lipinski definition) is 4. The van der Waals surface area contributed by atoms with Gasteiger partial charge in [0.25, 0.3) is 5.56 Å². The zero-order valence-corrected chi connectivity index (χ0v) is 12.6. The monoisotopic (exact) mass is 304 g/mol. The minimum absolute atomic E-state index is 0.195. The Morgan fingerprint density at radius 3 is 2.81 bits per heavy atom. The highest BCUT2D eigenvalue weighted by atomic mass is 32.1. The van der Waals surface area contributed by atoms with Crippen molar-refractivity contribution in [3.63, 3.8) is 0 Å². The molecule has 2 aromatic rings. The molecular weight excluding hydrogens is 288 g/mol. The first-order chi connectivity index (χ1) is 10.0. The fourth-order valence-electron chi connectivity index (χ4n) is 1.81. The molecule has 4 N–H and O–H groups in total. The second kappa shape index (κ2) is 6.27. The molecule has 0 radical (unpaired) electrons. The van der Waals surface area contributed by atoms with E-state index < -0.39 is 6.03 Å². The van der Waals surface area contributed by atoms with Gasteiger partial charge in [-0.2, -0.15) is 0 Å². The van der Waals surface area contributed by atoms with E-state index in [0.29, 0.717) is 5.00 Å². The van der Waals surface area contributed by atoms with Crippen LogP contribution in [0.2, 0.25) is 0 Å². The molecule has 6 nitrogen and oxygen atoms in total. The number of aromatic nitrogens is 1. The predicted octanol–water partition coefficient (Wildman–Crippen LogP) is 2.88. The van der Waals surface area contributed by atoms with Crippen LogP contribution in [-0.4, -0.2) is 17.5 Å². The van der Waals surface area contributed by atoms with Gasteiger partial charge in [-0.25, -0.2) is 4.79 Å². The van der Waals surface area contributed by atoms with Crippen LogP contribution in [0.5, 0.6) is 0 Å². The summed E-state index contributed by atoms with van der Waals surface area (Å²) in [7, 11) is 1.49. The molecule has 110 valence electrons. The molecule has 21 heavy (non-hydrogen) atoms. The van der Waals surface area contributed by atoms with E-state index in [1.165, 1.54) is 7.05 Å². The van der Waals surface area contributed by atoms with Gasteiger partial charge in [-0.3, -0.25) is 9.17 Å². The summed E-state index contributed by atoms with van der Waals surface area (Å²) < 4.78 is 2.59. The van der Waals surface area contributed by atoms with Crippen LogP contribution < -0.4 is 21.5 Å². The largest absolute Gasteiger partial charge is 0.344 e. The van der Waals surface area contributed by atoms with Crippen molar-refractivity contribution in [3.05, 3.63) is 46.3 Å². The second-order valence-electron chi connectivity index (χ2n) is 4.40. The maximum absolute atomic E-state index is 11.7. The third-order valence-electron chi connectivity index (χ3n) is 2.76. The Kier molecular flexibility index (Phi) is 4.44. The molecule has 0 atom stereocenters. The Bertz CT molecular complexity index is 733. The van der Waals surface area contributed by atoms with Crippen LogP contribution in [0.1, 0.15) is 11.1 Å². The van der Waals surface area contributed by atoms with Gasteiger partial charge in [0.15, 0.2) is 0 Å². The lowest BCUT2D eigenvalue weighted by Gasteiger charge is -2.09. The fourth-order valence-corrected chi connectivity index (χ4v) is 2.53. The van der Waals surface area contributed by atoms with Crippen molar-refractivity contribution in [2.75, 3.05) is 17.7 Å². The summed E-state index contributed by atoms with van der Waals surface area (Å²) in [6.07, 6.45) is 1.75. The molecule has 7 heteroatoms. The molecule has 0 aliphatic carbocycles. The minimum atomic E-state index is -0.446. The van der Waals surface area contributed by atoms with E-state index in [-0.39, 0.29) is 11.2 Å².